The van der Waals surface area contributed by atoms with Gasteiger partial charge in [0.05, 0.1) is 23.4 Å². The maximum absolute atomic E-state index is 12.2. The van der Waals surface area contributed by atoms with Crippen LogP contribution in [0.15, 0.2) is 42.5 Å². The molecule has 30 heavy (non-hydrogen) atoms. The summed E-state index contributed by atoms with van der Waals surface area (Å²) in [6.07, 6.45) is 0. The maximum Gasteiger partial charge on any atom is 0.321 e. The number of nitrogens with zero attached hydrogens (tertiary/aromatic N) is 3. The topological polar surface area (TPSA) is 69.7 Å². The van der Waals surface area contributed by atoms with E-state index in [4.69, 9.17) is 4.74 Å². The van der Waals surface area contributed by atoms with Gasteiger partial charge in [0, 0.05) is 44.6 Å². The molecule has 1 saturated heterocycles. The SMILES string of the molecule is Cc1ccc(N(C)c2ccc3sc(NC(=O)NCCN4CCOCC4)nc3c2)cc1. The molecule has 2 heterocycles. The summed E-state index contributed by atoms with van der Waals surface area (Å²) < 4.78 is 6.38. The number of amides is 2. The molecule has 4 rings (SSSR count). The van der Waals surface area contributed by atoms with Crippen molar-refractivity contribution in [1.29, 1.82) is 0 Å². The lowest BCUT2D eigenvalue weighted by Gasteiger charge is -2.26. The van der Waals surface area contributed by atoms with Crippen LogP contribution in [0.5, 0.6) is 0 Å². The molecule has 2 amide bonds. The molecule has 158 valence electrons. The largest absolute Gasteiger partial charge is 0.379 e. The van der Waals surface area contributed by atoms with Crippen molar-refractivity contribution < 1.29 is 9.53 Å². The monoisotopic (exact) mass is 425 g/mol. The number of aryl methyl sites for hydroxylation is 1. The minimum atomic E-state index is -0.223. The number of carbonyl (C=O) groups excluding carboxylic acids is 1. The molecule has 7 nitrogen and oxygen atoms in total. The minimum absolute atomic E-state index is 0.223. The Morgan fingerprint density at radius 2 is 1.90 bits per heavy atom. The summed E-state index contributed by atoms with van der Waals surface area (Å²) in [4.78, 5) is 21.2. The highest BCUT2D eigenvalue weighted by molar-refractivity contribution is 7.22. The number of rotatable bonds is 6. The van der Waals surface area contributed by atoms with Crippen molar-refractivity contribution in [1.82, 2.24) is 15.2 Å². The molecule has 0 aliphatic carbocycles. The van der Waals surface area contributed by atoms with Crippen LogP contribution >= 0.6 is 11.3 Å². The fraction of sp³-hybridized carbons (Fsp3) is 0.364. The average Bonchev–Trinajstić information content (AvgIpc) is 3.16. The van der Waals surface area contributed by atoms with E-state index in [1.54, 1.807) is 0 Å². The smallest absolute Gasteiger partial charge is 0.321 e. The van der Waals surface area contributed by atoms with Gasteiger partial charge < -0.3 is 15.0 Å². The zero-order chi connectivity index (χ0) is 20.9. The van der Waals surface area contributed by atoms with Gasteiger partial charge in [-0.1, -0.05) is 29.0 Å². The first-order chi connectivity index (χ1) is 14.6. The fourth-order valence-corrected chi connectivity index (χ4v) is 4.23. The number of carbonyl (C=O) groups is 1. The van der Waals surface area contributed by atoms with E-state index >= 15 is 0 Å². The number of benzene rings is 2. The van der Waals surface area contributed by atoms with Crippen molar-refractivity contribution in [3.63, 3.8) is 0 Å². The number of anilines is 3. The zero-order valence-corrected chi connectivity index (χ0v) is 18.2. The number of aromatic nitrogens is 1. The van der Waals surface area contributed by atoms with Gasteiger partial charge in [0.25, 0.3) is 0 Å². The summed E-state index contributed by atoms with van der Waals surface area (Å²) in [6.45, 7) is 6.87. The van der Waals surface area contributed by atoms with E-state index in [9.17, 15) is 4.79 Å². The Morgan fingerprint density at radius 3 is 2.67 bits per heavy atom. The van der Waals surface area contributed by atoms with E-state index in [0.717, 1.165) is 54.4 Å². The summed E-state index contributed by atoms with van der Waals surface area (Å²) in [5.74, 6) is 0. The molecule has 0 spiro atoms. The summed E-state index contributed by atoms with van der Waals surface area (Å²) in [5.41, 5.74) is 4.28. The van der Waals surface area contributed by atoms with Crippen LogP contribution < -0.4 is 15.5 Å². The van der Waals surface area contributed by atoms with Gasteiger partial charge in [-0.2, -0.15) is 0 Å². The number of fused-ring (bicyclic) bond motifs is 1. The molecule has 0 atom stereocenters. The molecule has 0 radical (unpaired) electrons. The Hall–Kier alpha value is -2.68. The second-order valence-corrected chi connectivity index (χ2v) is 8.43. The fourth-order valence-electron chi connectivity index (χ4n) is 3.39. The number of urea groups is 1. The molecule has 8 heteroatoms. The molecule has 1 aliphatic heterocycles. The van der Waals surface area contributed by atoms with Crippen LogP contribution in [0.3, 0.4) is 0 Å². The lowest BCUT2D eigenvalue weighted by molar-refractivity contribution is 0.0388. The van der Waals surface area contributed by atoms with E-state index in [-0.39, 0.29) is 6.03 Å². The molecule has 2 N–H and O–H groups in total. The van der Waals surface area contributed by atoms with Crippen LogP contribution in [0.4, 0.5) is 21.3 Å². The van der Waals surface area contributed by atoms with Crippen LogP contribution in [-0.4, -0.2) is 62.4 Å². The molecule has 1 aromatic heterocycles. The molecule has 0 bridgehead atoms. The molecule has 1 fully saturated rings. The van der Waals surface area contributed by atoms with Gasteiger partial charge in [-0.3, -0.25) is 10.2 Å². The van der Waals surface area contributed by atoms with E-state index < -0.39 is 0 Å². The average molecular weight is 426 g/mol. The third-order valence-electron chi connectivity index (χ3n) is 5.22. The number of thiazole rings is 1. The highest BCUT2D eigenvalue weighted by atomic mass is 32.1. The van der Waals surface area contributed by atoms with Gasteiger partial charge in [-0.15, -0.1) is 0 Å². The van der Waals surface area contributed by atoms with Gasteiger partial charge in [0.15, 0.2) is 5.13 Å². The number of nitrogens with one attached hydrogen (secondary N) is 2. The highest BCUT2D eigenvalue weighted by Gasteiger charge is 2.12. The second-order valence-electron chi connectivity index (χ2n) is 7.40. The van der Waals surface area contributed by atoms with Crippen LogP contribution in [0.25, 0.3) is 10.2 Å². The predicted molar refractivity (Wildman–Crippen MR) is 123 cm³/mol. The second kappa shape index (κ2) is 9.42. The first-order valence-electron chi connectivity index (χ1n) is 10.1. The Balaban J connectivity index is 1.36. The maximum atomic E-state index is 12.2. The molecule has 2 aromatic carbocycles. The van der Waals surface area contributed by atoms with Crippen molar-refractivity contribution in [2.75, 3.05) is 56.7 Å². The third kappa shape index (κ3) is 5.08. The van der Waals surface area contributed by atoms with Gasteiger partial charge in [0.1, 0.15) is 0 Å². The van der Waals surface area contributed by atoms with Gasteiger partial charge in [-0.25, -0.2) is 9.78 Å². The number of morpholine rings is 1. The molecular weight excluding hydrogens is 398 g/mol. The molecular formula is C22H27N5O2S. The van der Waals surface area contributed by atoms with E-state index in [1.807, 2.05) is 13.1 Å². The van der Waals surface area contributed by atoms with Crippen molar-refractivity contribution in [3.8, 4) is 0 Å². The van der Waals surface area contributed by atoms with Gasteiger partial charge >= 0.3 is 6.03 Å². The lowest BCUT2D eigenvalue weighted by atomic mass is 10.2. The first-order valence-corrected chi connectivity index (χ1v) is 11.0. The minimum Gasteiger partial charge on any atom is -0.379 e. The number of hydrogen-bond acceptors (Lipinski definition) is 6. The first kappa shape index (κ1) is 20.6. The standard InChI is InChI=1S/C22H27N5O2S/c1-16-3-5-17(6-4-16)26(2)18-7-8-20-19(15-18)24-22(30-20)25-21(28)23-9-10-27-11-13-29-14-12-27/h3-8,15H,9-14H2,1-2H3,(H2,23,24,25,28). The highest BCUT2D eigenvalue weighted by Crippen LogP contribution is 2.31. The Kier molecular flexibility index (Phi) is 6.47. The summed E-state index contributed by atoms with van der Waals surface area (Å²) in [5, 5.41) is 6.36. The van der Waals surface area contributed by atoms with Crippen molar-refractivity contribution >= 4 is 44.1 Å². The molecule has 0 saturated carbocycles. The lowest BCUT2D eigenvalue weighted by Crippen LogP contribution is -2.42. The molecule has 1 aliphatic rings. The summed E-state index contributed by atoms with van der Waals surface area (Å²) >= 11 is 1.48. The van der Waals surface area contributed by atoms with E-state index in [0.29, 0.717) is 11.7 Å². The molecule has 3 aromatic rings. The number of ether oxygens (including phenoxy) is 1. The summed E-state index contributed by atoms with van der Waals surface area (Å²) in [6, 6.07) is 14.4. The Labute approximate surface area is 180 Å². The number of hydrogen-bond donors (Lipinski definition) is 2. The zero-order valence-electron chi connectivity index (χ0n) is 17.4. The molecule has 0 unspecified atom stereocenters. The van der Waals surface area contributed by atoms with Crippen molar-refractivity contribution in [3.05, 3.63) is 48.0 Å². The predicted octanol–water partition coefficient (Wildman–Crippen LogP) is 3.83. The quantitative estimate of drug-likeness (QED) is 0.628. The Morgan fingerprint density at radius 1 is 1.17 bits per heavy atom. The van der Waals surface area contributed by atoms with Crippen LogP contribution in [-0.2, 0) is 4.74 Å². The van der Waals surface area contributed by atoms with Crippen molar-refractivity contribution in [2.45, 2.75) is 6.92 Å². The third-order valence-corrected chi connectivity index (χ3v) is 6.17. The van der Waals surface area contributed by atoms with Crippen LogP contribution in [0.1, 0.15) is 5.56 Å². The summed E-state index contributed by atoms with van der Waals surface area (Å²) in [7, 11) is 2.04. The van der Waals surface area contributed by atoms with E-state index in [1.165, 1.54) is 16.9 Å². The van der Waals surface area contributed by atoms with Gasteiger partial charge in [0.2, 0.25) is 0 Å². The Bertz CT molecular complexity index is 998. The van der Waals surface area contributed by atoms with Crippen LogP contribution in [0, 0.1) is 6.92 Å². The van der Waals surface area contributed by atoms with Crippen LogP contribution in [0.2, 0.25) is 0 Å². The van der Waals surface area contributed by atoms with Gasteiger partial charge in [-0.05, 0) is 37.3 Å². The van der Waals surface area contributed by atoms with E-state index in [2.05, 4.69) is 68.7 Å². The van der Waals surface area contributed by atoms with Crippen molar-refractivity contribution in [2.24, 2.45) is 0 Å². The normalized spacial score (nSPS) is 14.6.